The van der Waals surface area contributed by atoms with Crippen molar-refractivity contribution in [2.45, 2.75) is 38.3 Å². The third-order valence-corrected chi connectivity index (χ3v) is 7.71. The molecule has 2 heterocycles. The average Bonchev–Trinajstić information content (AvgIpc) is 2.98. The minimum Gasteiger partial charge on any atom is -0.497 e. The number of nitrogens with one attached hydrogen (secondary N) is 1. The quantitative estimate of drug-likeness (QED) is 0.257. The molecule has 192 valence electrons. The van der Waals surface area contributed by atoms with Gasteiger partial charge in [-0.2, -0.15) is 5.10 Å². The number of rotatable bonds is 8. The third-order valence-electron chi connectivity index (χ3n) is 7.71. The van der Waals surface area contributed by atoms with Crippen LogP contribution in [0.15, 0.2) is 91.0 Å². The van der Waals surface area contributed by atoms with E-state index < -0.39 is 0 Å². The van der Waals surface area contributed by atoms with Crippen molar-refractivity contribution in [1.29, 1.82) is 0 Å². The number of methoxy groups -OCH3 is 1. The Morgan fingerprint density at radius 1 is 0.763 bits per heavy atom. The second-order valence-corrected chi connectivity index (χ2v) is 10.3. The predicted octanol–water partition coefficient (Wildman–Crippen LogP) is 6.65. The van der Waals surface area contributed by atoms with Gasteiger partial charge in [0.05, 0.1) is 12.8 Å². The van der Waals surface area contributed by atoms with Gasteiger partial charge in [0.15, 0.2) is 5.82 Å². The van der Waals surface area contributed by atoms with Gasteiger partial charge in [0.2, 0.25) is 0 Å². The first-order valence-corrected chi connectivity index (χ1v) is 13.6. The maximum Gasteiger partial charge on any atom is 0.156 e. The molecule has 5 aromatic rings. The number of piperidine rings is 1. The number of likely N-dealkylation sites (tertiary alicyclic amines) is 1. The van der Waals surface area contributed by atoms with Crippen LogP contribution in [-0.4, -0.2) is 41.3 Å². The van der Waals surface area contributed by atoms with Gasteiger partial charge in [-0.05, 0) is 71.8 Å². The van der Waals surface area contributed by atoms with E-state index in [1.807, 2.05) is 6.07 Å². The van der Waals surface area contributed by atoms with Crippen molar-refractivity contribution in [1.82, 2.24) is 15.1 Å². The predicted molar refractivity (Wildman–Crippen MR) is 156 cm³/mol. The van der Waals surface area contributed by atoms with Crippen LogP contribution < -0.4 is 10.1 Å². The minimum absolute atomic E-state index is 0.387. The standard InChI is InChI=1S/C33H34N4O/c1-38-29-14-15-30-31(22-29)32(16-12-24-7-3-2-4-8-24)35-36-33(30)34-28-17-19-37(20-18-28)23-25-11-13-26-9-5-6-10-27(26)21-25/h2-11,13-15,21-22,28H,12,16-20,23H2,1H3,(H,34,36). The van der Waals surface area contributed by atoms with Crippen LogP contribution >= 0.6 is 0 Å². The van der Waals surface area contributed by atoms with Crippen LogP contribution in [0, 0.1) is 0 Å². The summed E-state index contributed by atoms with van der Waals surface area (Å²) in [7, 11) is 1.71. The van der Waals surface area contributed by atoms with Crippen LogP contribution in [-0.2, 0) is 19.4 Å². The van der Waals surface area contributed by atoms with E-state index in [9.17, 15) is 0 Å². The molecule has 5 nitrogen and oxygen atoms in total. The second-order valence-electron chi connectivity index (χ2n) is 10.3. The monoisotopic (exact) mass is 502 g/mol. The highest BCUT2D eigenvalue weighted by Crippen LogP contribution is 2.29. The summed E-state index contributed by atoms with van der Waals surface area (Å²) in [5.41, 5.74) is 3.70. The summed E-state index contributed by atoms with van der Waals surface area (Å²) in [5, 5.41) is 17.9. The van der Waals surface area contributed by atoms with E-state index in [2.05, 4.69) is 105 Å². The van der Waals surface area contributed by atoms with E-state index in [1.54, 1.807) is 7.11 Å². The largest absolute Gasteiger partial charge is 0.497 e. The first-order valence-electron chi connectivity index (χ1n) is 13.6. The molecule has 0 saturated carbocycles. The summed E-state index contributed by atoms with van der Waals surface area (Å²) < 4.78 is 5.54. The number of anilines is 1. The van der Waals surface area contributed by atoms with E-state index in [0.29, 0.717) is 6.04 Å². The molecule has 1 saturated heterocycles. The average molecular weight is 503 g/mol. The Bertz CT molecular complexity index is 1530. The lowest BCUT2D eigenvalue weighted by molar-refractivity contribution is 0.211. The van der Waals surface area contributed by atoms with Crippen molar-refractivity contribution < 1.29 is 4.74 Å². The van der Waals surface area contributed by atoms with Crippen LogP contribution in [0.2, 0.25) is 0 Å². The zero-order chi connectivity index (χ0) is 25.7. The van der Waals surface area contributed by atoms with Gasteiger partial charge in [-0.15, -0.1) is 5.10 Å². The van der Waals surface area contributed by atoms with Gasteiger partial charge in [0.25, 0.3) is 0 Å². The van der Waals surface area contributed by atoms with Crippen molar-refractivity contribution in [2.24, 2.45) is 0 Å². The molecule has 0 spiro atoms. The molecule has 1 fully saturated rings. The Morgan fingerprint density at radius 2 is 1.55 bits per heavy atom. The van der Waals surface area contributed by atoms with E-state index in [1.165, 1.54) is 21.9 Å². The molecule has 0 radical (unpaired) electrons. The Kier molecular flexibility index (Phi) is 7.18. The molecule has 5 heteroatoms. The molecule has 1 aliphatic heterocycles. The first kappa shape index (κ1) is 24.4. The van der Waals surface area contributed by atoms with E-state index >= 15 is 0 Å². The first-order chi connectivity index (χ1) is 18.7. The molecule has 1 N–H and O–H groups in total. The molecule has 0 atom stereocenters. The van der Waals surface area contributed by atoms with E-state index in [0.717, 1.165) is 73.4 Å². The maximum atomic E-state index is 5.54. The van der Waals surface area contributed by atoms with Crippen molar-refractivity contribution in [3.05, 3.63) is 108 Å². The van der Waals surface area contributed by atoms with E-state index in [4.69, 9.17) is 4.74 Å². The third kappa shape index (κ3) is 5.48. The zero-order valence-electron chi connectivity index (χ0n) is 21.9. The number of aromatic nitrogens is 2. The summed E-state index contributed by atoms with van der Waals surface area (Å²) in [6.45, 7) is 3.13. The topological polar surface area (TPSA) is 50.3 Å². The van der Waals surface area contributed by atoms with Crippen molar-refractivity contribution in [2.75, 3.05) is 25.5 Å². The minimum atomic E-state index is 0.387. The van der Waals surface area contributed by atoms with Gasteiger partial charge < -0.3 is 10.1 Å². The molecule has 0 aliphatic carbocycles. The van der Waals surface area contributed by atoms with Gasteiger partial charge in [0.1, 0.15) is 5.75 Å². The Hall–Kier alpha value is -3.96. The van der Waals surface area contributed by atoms with Gasteiger partial charge >= 0.3 is 0 Å². The number of hydrogen-bond donors (Lipinski definition) is 1. The fraction of sp³-hybridized carbons (Fsp3) is 0.273. The lowest BCUT2D eigenvalue weighted by Gasteiger charge is -2.32. The molecule has 4 aromatic carbocycles. The highest BCUT2D eigenvalue weighted by Gasteiger charge is 2.21. The van der Waals surface area contributed by atoms with Gasteiger partial charge in [-0.1, -0.05) is 66.7 Å². The number of hydrogen-bond acceptors (Lipinski definition) is 5. The SMILES string of the molecule is COc1ccc2c(NC3CCN(Cc4ccc5ccccc5c4)CC3)nnc(CCc3ccccc3)c2c1. The van der Waals surface area contributed by atoms with Crippen molar-refractivity contribution >= 4 is 27.4 Å². The number of nitrogens with zero attached hydrogens (tertiary/aromatic N) is 3. The van der Waals surface area contributed by atoms with E-state index in [-0.39, 0.29) is 0 Å². The molecule has 0 amide bonds. The van der Waals surface area contributed by atoms with Crippen LogP contribution in [0.3, 0.4) is 0 Å². The van der Waals surface area contributed by atoms with Crippen molar-refractivity contribution in [3.63, 3.8) is 0 Å². The highest BCUT2D eigenvalue weighted by molar-refractivity contribution is 5.94. The normalized spacial score (nSPS) is 14.7. The van der Waals surface area contributed by atoms with Crippen LogP contribution in [0.5, 0.6) is 5.75 Å². The smallest absolute Gasteiger partial charge is 0.156 e. The lowest BCUT2D eigenvalue weighted by atomic mass is 10.0. The maximum absolute atomic E-state index is 5.54. The van der Waals surface area contributed by atoms with Gasteiger partial charge in [0, 0.05) is 36.4 Å². The molecule has 38 heavy (non-hydrogen) atoms. The number of ether oxygens (including phenoxy) is 1. The summed E-state index contributed by atoms with van der Waals surface area (Å²) in [6, 6.07) is 32.6. The number of fused-ring (bicyclic) bond motifs is 2. The molecule has 6 rings (SSSR count). The fourth-order valence-corrected chi connectivity index (χ4v) is 5.54. The Labute approximate surface area is 224 Å². The second kappa shape index (κ2) is 11.2. The molecular weight excluding hydrogens is 468 g/mol. The number of aryl methyl sites for hydroxylation is 2. The molecule has 0 bridgehead atoms. The summed E-state index contributed by atoms with van der Waals surface area (Å²) in [4.78, 5) is 2.56. The molecule has 1 aliphatic rings. The van der Waals surface area contributed by atoms with Gasteiger partial charge in [-0.25, -0.2) is 0 Å². The van der Waals surface area contributed by atoms with Crippen LogP contribution in [0.4, 0.5) is 5.82 Å². The fourth-order valence-electron chi connectivity index (χ4n) is 5.54. The summed E-state index contributed by atoms with van der Waals surface area (Å²) in [5.74, 6) is 1.72. The lowest BCUT2D eigenvalue weighted by Crippen LogP contribution is -2.38. The van der Waals surface area contributed by atoms with Crippen LogP contribution in [0.1, 0.15) is 29.7 Å². The summed E-state index contributed by atoms with van der Waals surface area (Å²) in [6.07, 6.45) is 3.95. The molecule has 1 aromatic heterocycles. The van der Waals surface area contributed by atoms with Crippen LogP contribution in [0.25, 0.3) is 21.5 Å². The molecule has 0 unspecified atom stereocenters. The molecular formula is C33H34N4O. The van der Waals surface area contributed by atoms with Crippen molar-refractivity contribution in [3.8, 4) is 5.75 Å². The Morgan fingerprint density at radius 3 is 2.37 bits per heavy atom. The highest BCUT2D eigenvalue weighted by atomic mass is 16.5. The zero-order valence-corrected chi connectivity index (χ0v) is 21.9. The summed E-state index contributed by atoms with van der Waals surface area (Å²) >= 11 is 0. The number of benzene rings is 4. The van der Waals surface area contributed by atoms with Gasteiger partial charge in [-0.3, -0.25) is 4.90 Å². The Balaban J connectivity index is 1.13.